The lowest BCUT2D eigenvalue weighted by atomic mass is 10.0. The third-order valence-electron chi connectivity index (χ3n) is 6.82. The van der Waals surface area contributed by atoms with Crippen molar-refractivity contribution in [3.63, 3.8) is 0 Å². The van der Waals surface area contributed by atoms with Crippen LogP contribution in [0.4, 0.5) is 5.69 Å². The Morgan fingerprint density at radius 2 is 1.86 bits per heavy atom. The molecular weight excluding hydrogens is 448 g/mol. The average molecular weight is 475 g/mol. The van der Waals surface area contributed by atoms with Gasteiger partial charge >= 0.3 is 0 Å². The van der Waals surface area contributed by atoms with E-state index in [-0.39, 0.29) is 18.7 Å². The molecule has 1 aromatic carbocycles. The number of rotatable bonds is 6. The first-order chi connectivity index (χ1) is 17.0. The van der Waals surface area contributed by atoms with Gasteiger partial charge in [0.25, 0.3) is 11.8 Å². The summed E-state index contributed by atoms with van der Waals surface area (Å²) in [7, 11) is 0. The number of carbonyl (C=O) groups is 4. The largest absolute Gasteiger partial charge is 0.368 e. The van der Waals surface area contributed by atoms with Crippen molar-refractivity contribution in [2.75, 3.05) is 37.6 Å². The van der Waals surface area contributed by atoms with Gasteiger partial charge in [-0.3, -0.25) is 39.0 Å². The normalized spacial score (nSPS) is 20.7. The molecule has 5 rings (SSSR count). The van der Waals surface area contributed by atoms with E-state index in [1.807, 2.05) is 16.9 Å². The molecule has 2 aromatic rings. The smallest absolute Gasteiger partial charge is 0.264 e. The maximum Gasteiger partial charge on any atom is 0.264 e. The van der Waals surface area contributed by atoms with Crippen molar-refractivity contribution < 1.29 is 19.2 Å². The zero-order chi connectivity index (χ0) is 24.5. The first-order valence-corrected chi connectivity index (χ1v) is 11.8. The van der Waals surface area contributed by atoms with Gasteiger partial charge in [-0.2, -0.15) is 5.10 Å². The summed E-state index contributed by atoms with van der Waals surface area (Å²) in [6.45, 7) is 4.82. The zero-order valence-electron chi connectivity index (χ0n) is 19.3. The van der Waals surface area contributed by atoms with Crippen LogP contribution in [0.15, 0.2) is 30.6 Å². The van der Waals surface area contributed by atoms with E-state index in [0.717, 1.165) is 56.2 Å². The van der Waals surface area contributed by atoms with Crippen molar-refractivity contribution in [2.24, 2.45) is 0 Å². The Morgan fingerprint density at radius 3 is 2.57 bits per heavy atom. The van der Waals surface area contributed by atoms with Crippen LogP contribution in [0.5, 0.6) is 0 Å². The molecule has 4 amide bonds. The molecule has 0 saturated carbocycles. The second-order valence-corrected chi connectivity index (χ2v) is 8.97. The fraction of sp³-hybridized carbons (Fsp3) is 0.400. The molecule has 4 heterocycles. The summed E-state index contributed by atoms with van der Waals surface area (Å²) in [5.41, 5.74) is 2.15. The van der Waals surface area contributed by atoms with Gasteiger partial charge in [-0.1, -0.05) is 12.0 Å². The van der Waals surface area contributed by atoms with Crippen molar-refractivity contribution in [1.82, 2.24) is 24.9 Å². The number of imide groups is 2. The number of carbonyl (C=O) groups excluding carboxylic acids is 4. The summed E-state index contributed by atoms with van der Waals surface area (Å²) in [4.78, 5) is 55.8. The number of aryl methyl sites for hydroxylation is 1. The number of aromatic nitrogens is 2. The minimum absolute atomic E-state index is 0.101. The van der Waals surface area contributed by atoms with E-state index in [0.29, 0.717) is 16.8 Å². The van der Waals surface area contributed by atoms with E-state index in [2.05, 4.69) is 26.1 Å². The number of nitrogens with zero attached hydrogens (tertiary/aromatic N) is 5. The molecule has 0 bridgehead atoms. The zero-order valence-corrected chi connectivity index (χ0v) is 19.3. The van der Waals surface area contributed by atoms with Crippen molar-refractivity contribution in [3.8, 4) is 12.3 Å². The van der Waals surface area contributed by atoms with Gasteiger partial charge in [0.1, 0.15) is 6.04 Å². The van der Waals surface area contributed by atoms with Crippen molar-refractivity contribution >= 4 is 29.3 Å². The Hall–Kier alpha value is -3.97. The lowest BCUT2D eigenvalue weighted by molar-refractivity contribution is -0.136. The molecular formula is C25H26N6O4. The second kappa shape index (κ2) is 9.35. The fourth-order valence-corrected chi connectivity index (χ4v) is 4.99. The van der Waals surface area contributed by atoms with E-state index >= 15 is 0 Å². The van der Waals surface area contributed by atoms with Crippen molar-refractivity contribution in [2.45, 2.75) is 31.8 Å². The van der Waals surface area contributed by atoms with Crippen LogP contribution in [0.2, 0.25) is 0 Å². The molecule has 2 saturated heterocycles. The maximum absolute atomic E-state index is 13.3. The number of amides is 4. The molecule has 1 aromatic heterocycles. The predicted octanol–water partition coefficient (Wildman–Crippen LogP) is 0.478. The number of piperidine rings is 1. The first kappa shape index (κ1) is 22.8. The summed E-state index contributed by atoms with van der Waals surface area (Å²) < 4.78 is 1.86. The number of hydrogen-bond acceptors (Lipinski definition) is 7. The Balaban J connectivity index is 1.22. The molecule has 0 spiro atoms. The van der Waals surface area contributed by atoms with Crippen molar-refractivity contribution in [3.05, 3.63) is 47.3 Å². The second-order valence-electron chi connectivity index (χ2n) is 8.97. The highest BCUT2D eigenvalue weighted by atomic mass is 16.2. The van der Waals surface area contributed by atoms with E-state index in [1.54, 1.807) is 18.3 Å². The molecule has 0 radical (unpaired) electrons. The topological polar surface area (TPSA) is 108 Å². The third-order valence-corrected chi connectivity index (χ3v) is 6.82. The quantitative estimate of drug-likeness (QED) is 0.479. The lowest BCUT2D eigenvalue weighted by Crippen LogP contribution is -2.54. The predicted molar refractivity (Wildman–Crippen MR) is 127 cm³/mol. The highest BCUT2D eigenvalue weighted by molar-refractivity contribution is 6.25. The van der Waals surface area contributed by atoms with Gasteiger partial charge in [0, 0.05) is 51.9 Å². The first-order valence-electron chi connectivity index (χ1n) is 11.8. The highest BCUT2D eigenvalue weighted by Gasteiger charge is 2.46. The average Bonchev–Trinajstić information content (AvgIpc) is 3.42. The van der Waals surface area contributed by atoms with Gasteiger partial charge in [-0.15, -0.1) is 6.42 Å². The third kappa shape index (κ3) is 4.31. The number of fused-ring (bicyclic) bond motifs is 1. The monoisotopic (exact) mass is 474 g/mol. The summed E-state index contributed by atoms with van der Waals surface area (Å²) in [6.07, 6.45) is 10.1. The Bertz CT molecular complexity index is 1240. The maximum atomic E-state index is 13.3. The van der Waals surface area contributed by atoms with E-state index < -0.39 is 23.8 Å². The van der Waals surface area contributed by atoms with Crippen LogP contribution in [0.25, 0.3) is 0 Å². The summed E-state index contributed by atoms with van der Waals surface area (Å²) in [6, 6.07) is 4.29. The van der Waals surface area contributed by atoms with Gasteiger partial charge < -0.3 is 4.90 Å². The van der Waals surface area contributed by atoms with Crippen LogP contribution >= 0.6 is 0 Å². The fourth-order valence-electron chi connectivity index (χ4n) is 4.99. The summed E-state index contributed by atoms with van der Waals surface area (Å²) >= 11 is 0. The SMILES string of the molecule is C#Cc1cnn(CCCN2CCN(c3cccc4c3C(=O)N(C3CCC(=O)NC3=O)C4=O)CC2)c1. The number of piperazine rings is 1. The van der Waals surface area contributed by atoms with Crippen LogP contribution in [0.3, 0.4) is 0 Å². The Labute approximate surface area is 202 Å². The van der Waals surface area contributed by atoms with Gasteiger partial charge in [0.15, 0.2) is 0 Å². The molecule has 1 atom stereocenters. The van der Waals surface area contributed by atoms with Crippen LogP contribution < -0.4 is 10.2 Å². The van der Waals surface area contributed by atoms with Crippen LogP contribution in [0, 0.1) is 12.3 Å². The summed E-state index contributed by atoms with van der Waals surface area (Å²) in [5.74, 6) is 0.640. The van der Waals surface area contributed by atoms with Crippen molar-refractivity contribution in [1.29, 1.82) is 0 Å². The van der Waals surface area contributed by atoms with Gasteiger partial charge in [-0.25, -0.2) is 0 Å². The lowest BCUT2D eigenvalue weighted by Gasteiger charge is -2.36. The molecule has 1 unspecified atom stereocenters. The van der Waals surface area contributed by atoms with E-state index in [4.69, 9.17) is 6.42 Å². The molecule has 10 nitrogen and oxygen atoms in total. The molecule has 10 heteroatoms. The highest BCUT2D eigenvalue weighted by Crippen LogP contribution is 2.34. The Morgan fingerprint density at radius 1 is 1.06 bits per heavy atom. The number of nitrogens with one attached hydrogen (secondary N) is 1. The van der Waals surface area contributed by atoms with Crippen LogP contribution in [0.1, 0.15) is 45.5 Å². The van der Waals surface area contributed by atoms with E-state index in [9.17, 15) is 19.2 Å². The van der Waals surface area contributed by atoms with Crippen LogP contribution in [-0.4, -0.2) is 82.0 Å². The van der Waals surface area contributed by atoms with Crippen LogP contribution in [-0.2, 0) is 16.1 Å². The molecule has 0 aliphatic carbocycles. The number of benzene rings is 1. The standard InChI is InChI=1S/C25H26N6O4/c1-2-17-15-26-30(16-17)10-4-9-28-11-13-29(14-12-28)19-6-3-5-18-22(19)25(35)31(24(18)34)20-7-8-21(32)27-23(20)33/h1,3,5-6,15-16,20H,4,7-14H2,(H,27,32,33). The molecule has 3 aliphatic rings. The minimum atomic E-state index is -0.962. The van der Waals surface area contributed by atoms with E-state index in [1.165, 1.54) is 0 Å². The van der Waals surface area contributed by atoms with Gasteiger partial charge in [-0.05, 0) is 25.0 Å². The number of terminal acetylenes is 1. The van der Waals surface area contributed by atoms with Gasteiger partial charge in [0.05, 0.1) is 28.6 Å². The number of hydrogen-bond donors (Lipinski definition) is 1. The molecule has 180 valence electrons. The Kier molecular flexibility index (Phi) is 6.09. The molecule has 1 N–H and O–H groups in total. The minimum Gasteiger partial charge on any atom is -0.368 e. The molecule has 2 fully saturated rings. The summed E-state index contributed by atoms with van der Waals surface area (Å²) in [5, 5.41) is 6.49. The molecule has 3 aliphatic heterocycles. The molecule has 35 heavy (non-hydrogen) atoms. The van der Waals surface area contributed by atoms with Gasteiger partial charge in [0.2, 0.25) is 11.8 Å². The number of anilines is 1.